The molecule has 4 aromatic carbocycles. The second kappa shape index (κ2) is 6.02. The van der Waals surface area contributed by atoms with Gasteiger partial charge in [0.15, 0.2) is 0 Å². The van der Waals surface area contributed by atoms with Crippen LogP contribution in [0.4, 0.5) is 0 Å². The van der Waals surface area contributed by atoms with Gasteiger partial charge in [0.1, 0.15) is 0 Å². The summed E-state index contributed by atoms with van der Waals surface area (Å²) in [6.45, 7) is 2.31. The summed E-state index contributed by atoms with van der Waals surface area (Å²) in [6, 6.07) is 24.5. The van der Waals surface area contributed by atoms with Crippen LogP contribution in [-0.4, -0.2) is 13.3 Å². The Kier molecular flexibility index (Phi) is 3.47. The van der Waals surface area contributed by atoms with E-state index >= 15 is 0 Å². The van der Waals surface area contributed by atoms with Gasteiger partial charge in [-0.2, -0.15) is 0 Å². The maximum absolute atomic E-state index is 6.40. The second-order valence-electron chi connectivity index (χ2n) is 9.73. The van der Waals surface area contributed by atoms with Gasteiger partial charge in [-0.3, -0.25) is 0 Å². The summed E-state index contributed by atoms with van der Waals surface area (Å²) in [6.07, 6.45) is 2.23. The van der Waals surface area contributed by atoms with E-state index in [0.717, 1.165) is 11.2 Å². The first-order chi connectivity index (χ1) is 15.5. The molecule has 0 spiro atoms. The Morgan fingerprint density at radius 1 is 0.750 bits per heavy atom. The van der Waals surface area contributed by atoms with Crippen molar-refractivity contribution in [3.05, 3.63) is 78.5 Å². The van der Waals surface area contributed by atoms with Crippen molar-refractivity contribution >= 4 is 65.5 Å². The number of para-hydroxylation sites is 1. The van der Waals surface area contributed by atoms with Crippen LogP contribution in [0, 0.1) is 6.92 Å². The van der Waals surface area contributed by atoms with Gasteiger partial charge in [0.2, 0.25) is 0 Å². The quantitative estimate of drug-likeness (QED) is 0.200. The van der Waals surface area contributed by atoms with Crippen molar-refractivity contribution in [2.24, 2.45) is 7.05 Å². The molecule has 0 aliphatic carbocycles. The minimum absolute atomic E-state index is 0.972. The molecular formula is C29H24GeNO+. The Labute approximate surface area is 189 Å². The fraction of sp³-hybridized carbons (Fsp3) is 0.138. The molecule has 2 nitrogen and oxygen atoms in total. The molecule has 0 radical (unpaired) electrons. The first-order valence-electron chi connectivity index (χ1n) is 11.3. The number of benzene rings is 4. The third-order valence-electron chi connectivity index (χ3n) is 7.65. The molecule has 0 unspecified atom stereocenters. The topological polar surface area (TPSA) is 17.0 Å². The summed E-state index contributed by atoms with van der Waals surface area (Å²) in [5, 5.41) is 7.93. The summed E-state index contributed by atoms with van der Waals surface area (Å²) in [7, 11) is 2.19. The zero-order valence-electron chi connectivity index (χ0n) is 18.8. The average molecular weight is 475 g/mol. The zero-order valence-corrected chi connectivity index (χ0v) is 20.9. The third-order valence-corrected chi connectivity index (χ3v) is 15.0. The van der Waals surface area contributed by atoms with Crippen molar-refractivity contribution in [2.75, 3.05) is 0 Å². The van der Waals surface area contributed by atoms with Crippen LogP contribution in [-0.2, 0) is 7.05 Å². The molecule has 0 saturated carbocycles. The van der Waals surface area contributed by atoms with E-state index in [0.29, 0.717) is 0 Å². The van der Waals surface area contributed by atoms with E-state index in [9.17, 15) is 0 Å². The number of pyridine rings is 1. The first-order valence-corrected chi connectivity index (χ1v) is 17.6. The van der Waals surface area contributed by atoms with Crippen LogP contribution in [0.2, 0.25) is 11.5 Å². The molecular weight excluding hydrogens is 451 g/mol. The fourth-order valence-corrected chi connectivity index (χ4v) is 12.6. The van der Waals surface area contributed by atoms with E-state index in [1.807, 2.05) is 0 Å². The molecule has 3 heterocycles. The molecule has 0 bridgehead atoms. The van der Waals surface area contributed by atoms with Gasteiger partial charge in [-0.25, -0.2) is 0 Å². The Hall–Kier alpha value is -3.11. The number of hydrogen-bond donors (Lipinski definition) is 0. The van der Waals surface area contributed by atoms with Crippen LogP contribution in [0.15, 0.2) is 77.3 Å². The third kappa shape index (κ3) is 2.14. The number of rotatable bonds is 0. The monoisotopic (exact) mass is 476 g/mol. The minimum atomic E-state index is -2.61. The van der Waals surface area contributed by atoms with Gasteiger partial charge in [-0.15, -0.1) is 0 Å². The van der Waals surface area contributed by atoms with E-state index < -0.39 is 13.3 Å². The van der Waals surface area contributed by atoms with Crippen molar-refractivity contribution in [2.45, 2.75) is 18.4 Å². The van der Waals surface area contributed by atoms with E-state index in [1.54, 1.807) is 4.40 Å². The predicted octanol–water partition coefficient (Wildman–Crippen LogP) is 5.83. The Bertz CT molecular complexity index is 1770. The van der Waals surface area contributed by atoms with Crippen molar-refractivity contribution in [3.8, 4) is 11.3 Å². The molecule has 32 heavy (non-hydrogen) atoms. The Morgan fingerprint density at radius 3 is 2.34 bits per heavy atom. The van der Waals surface area contributed by atoms with Crippen LogP contribution in [0.25, 0.3) is 54.7 Å². The van der Waals surface area contributed by atoms with Crippen molar-refractivity contribution in [3.63, 3.8) is 0 Å². The molecule has 154 valence electrons. The summed E-state index contributed by atoms with van der Waals surface area (Å²) in [5.41, 5.74) is 6.21. The average Bonchev–Trinajstić information content (AvgIpc) is 3.17. The van der Waals surface area contributed by atoms with Crippen LogP contribution >= 0.6 is 0 Å². The normalized spacial score (nSPS) is 14.5. The van der Waals surface area contributed by atoms with Crippen molar-refractivity contribution in [1.29, 1.82) is 0 Å². The molecule has 0 saturated heterocycles. The number of aryl methyl sites for hydroxylation is 2. The van der Waals surface area contributed by atoms with E-state index in [2.05, 4.69) is 103 Å². The van der Waals surface area contributed by atoms with Gasteiger partial charge < -0.3 is 0 Å². The van der Waals surface area contributed by atoms with Crippen LogP contribution in [0.5, 0.6) is 0 Å². The Balaban J connectivity index is 1.78. The molecule has 1 aliphatic rings. The van der Waals surface area contributed by atoms with Gasteiger partial charge in [-0.1, -0.05) is 0 Å². The van der Waals surface area contributed by atoms with Gasteiger partial charge in [-0.05, 0) is 0 Å². The van der Waals surface area contributed by atoms with Crippen LogP contribution in [0.3, 0.4) is 0 Å². The number of fused-ring (bicyclic) bond motifs is 7. The molecule has 2 aromatic heterocycles. The number of hydrogen-bond acceptors (Lipinski definition) is 1. The van der Waals surface area contributed by atoms with E-state index in [4.69, 9.17) is 4.42 Å². The molecule has 0 atom stereocenters. The molecule has 0 amide bonds. The van der Waals surface area contributed by atoms with Gasteiger partial charge >= 0.3 is 190 Å². The van der Waals surface area contributed by atoms with Gasteiger partial charge in [0.25, 0.3) is 0 Å². The summed E-state index contributed by atoms with van der Waals surface area (Å²) in [4.78, 5) is 0. The van der Waals surface area contributed by atoms with Crippen molar-refractivity contribution in [1.82, 2.24) is 0 Å². The maximum atomic E-state index is 6.40. The van der Waals surface area contributed by atoms with Crippen LogP contribution in [0.1, 0.15) is 5.56 Å². The van der Waals surface area contributed by atoms with Gasteiger partial charge in [0.05, 0.1) is 0 Å². The fourth-order valence-electron chi connectivity index (χ4n) is 6.04. The first kappa shape index (κ1) is 18.5. The molecule has 1 aliphatic heterocycles. The number of aromatic nitrogens is 1. The molecule has 6 aromatic rings. The summed E-state index contributed by atoms with van der Waals surface area (Å²) >= 11 is -2.61. The van der Waals surface area contributed by atoms with Gasteiger partial charge in [0, 0.05) is 0 Å². The summed E-state index contributed by atoms with van der Waals surface area (Å²) in [5.74, 6) is 5.10. The summed E-state index contributed by atoms with van der Waals surface area (Å²) < 4.78 is 11.8. The van der Waals surface area contributed by atoms with Crippen LogP contribution < -0.4 is 13.4 Å². The number of nitrogens with zero attached hydrogens (tertiary/aromatic N) is 1. The molecule has 7 rings (SSSR count). The number of furan rings is 1. The zero-order chi connectivity index (χ0) is 21.8. The molecule has 0 N–H and O–H groups in total. The molecule has 3 heteroatoms. The Morgan fingerprint density at radius 2 is 1.50 bits per heavy atom. The standard InChI is InChI=1S/C29H24GeNO/c1-17-19-10-6-5-9-18(19)15-22-26(17)29-28-21(13-14-31(29)4)27-20-11-7-8-12-24(20)32-25(27)16-23(28)30(22,2)3/h5-16H,1-4H3/q+1. The second-order valence-corrected chi connectivity index (χ2v) is 18.8. The van der Waals surface area contributed by atoms with E-state index in [1.165, 1.54) is 53.5 Å². The van der Waals surface area contributed by atoms with Crippen molar-refractivity contribution < 1.29 is 8.98 Å². The SMILES string of the molecule is Cc1c2[c](cc3ccccc13)[Ge]([CH3])([CH3])[c]1cc3oc4ccccc4c3c3cc[n+](C)c-2c13. The molecule has 0 fully saturated rings. The van der Waals surface area contributed by atoms with E-state index in [-0.39, 0.29) is 0 Å². The predicted molar refractivity (Wildman–Crippen MR) is 137 cm³/mol.